The molecule has 106 valence electrons. The molecule has 3 N–H and O–H groups in total. The van der Waals surface area contributed by atoms with Crippen LogP contribution in [-0.4, -0.2) is 35.4 Å². The van der Waals surface area contributed by atoms with Crippen molar-refractivity contribution in [3.63, 3.8) is 0 Å². The summed E-state index contributed by atoms with van der Waals surface area (Å²) in [5.41, 5.74) is 7.67. The van der Waals surface area contributed by atoms with E-state index in [1.165, 1.54) is 11.5 Å². The number of nitrogens with one attached hydrogen (secondary N) is 1. The molecule has 2 aromatic rings. The van der Waals surface area contributed by atoms with Crippen LogP contribution in [0.5, 0.6) is 0 Å². The van der Waals surface area contributed by atoms with Crippen LogP contribution in [0.4, 0.5) is 10.8 Å². The van der Waals surface area contributed by atoms with Gasteiger partial charge in [-0.1, -0.05) is 6.07 Å². The third-order valence-corrected chi connectivity index (χ3v) is 3.73. The zero-order valence-corrected chi connectivity index (χ0v) is 12.3. The maximum atomic E-state index is 11.7. The topological polar surface area (TPSA) is 84.1 Å². The lowest BCUT2D eigenvalue weighted by Crippen LogP contribution is -2.34. The maximum absolute atomic E-state index is 11.7. The van der Waals surface area contributed by atoms with Gasteiger partial charge in [0.2, 0.25) is 5.91 Å². The van der Waals surface area contributed by atoms with Crippen molar-refractivity contribution >= 4 is 28.3 Å². The molecule has 2 rings (SSSR count). The van der Waals surface area contributed by atoms with Crippen LogP contribution in [0.1, 0.15) is 6.92 Å². The van der Waals surface area contributed by atoms with Crippen LogP contribution in [0.2, 0.25) is 0 Å². The van der Waals surface area contributed by atoms with Gasteiger partial charge in [-0.2, -0.15) is 4.37 Å². The fourth-order valence-corrected chi connectivity index (χ4v) is 2.67. The number of hydrogen-bond acceptors (Lipinski definition) is 6. The molecule has 0 saturated heterocycles. The SMILES string of the molecule is CCNC(=O)CN(C)c1snc(N)c1-c1cccnc1. The van der Waals surface area contributed by atoms with Gasteiger partial charge in [0.25, 0.3) is 0 Å². The summed E-state index contributed by atoms with van der Waals surface area (Å²) >= 11 is 1.28. The molecule has 0 saturated carbocycles. The zero-order valence-electron chi connectivity index (χ0n) is 11.5. The first kappa shape index (κ1) is 14.3. The lowest BCUT2D eigenvalue weighted by molar-refractivity contribution is -0.119. The first-order chi connectivity index (χ1) is 9.63. The van der Waals surface area contributed by atoms with Crippen LogP contribution in [0.3, 0.4) is 0 Å². The van der Waals surface area contributed by atoms with Crippen molar-refractivity contribution in [2.24, 2.45) is 0 Å². The Balaban J connectivity index is 2.27. The highest BCUT2D eigenvalue weighted by Gasteiger charge is 2.18. The van der Waals surface area contributed by atoms with E-state index >= 15 is 0 Å². The second-order valence-corrected chi connectivity index (χ2v) is 5.05. The van der Waals surface area contributed by atoms with Crippen LogP contribution in [0.15, 0.2) is 24.5 Å². The molecule has 0 aliphatic carbocycles. The van der Waals surface area contributed by atoms with Gasteiger partial charge in [0, 0.05) is 31.5 Å². The third kappa shape index (κ3) is 3.05. The molecule has 0 bridgehead atoms. The van der Waals surface area contributed by atoms with Crippen LogP contribution in [-0.2, 0) is 4.79 Å². The van der Waals surface area contributed by atoms with E-state index in [0.29, 0.717) is 12.4 Å². The molecule has 0 aromatic carbocycles. The minimum absolute atomic E-state index is 0.0286. The van der Waals surface area contributed by atoms with E-state index in [-0.39, 0.29) is 12.5 Å². The van der Waals surface area contributed by atoms with Crippen LogP contribution in [0, 0.1) is 0 Å². The summed E-state index contributed by atoms with van der Waals surface area (Å²) in [5, 5.41) is 3.63. The van der Waals surface area contributed by atoms with E-state index in [0.717, 1.165) is 16.1 Å². The van der Waals surface area contributed by atoms with Gasteiger partial charge in [0.15, 0.2) is 0 Å². The van der Waals surface area contributed by atoms with Crippen molar-refractivity contribution in [1.29, 1.82) is 0 Å². The largest absolute Gasteiger partial charge is 0.382 e. The molecular formula is C13H17N5OS. The molecule has 7 heteroatoms. The summed E-state index contributed by atoms with van der Waals surface area (Å²) in [6.45, 7) is 2.78. The quantitative estimate of drug-likeness (QED) is 0.869. The fraction of sp³-hybridized carbons (Fsp3) is 0.308. The highest BCUT2D eigenvalue weighted by molar-refractivity contribution is 7.11. The van der Waals surface area contributed by atoms with Gasteiger partial charge in [-0.3, -0.25) is 9.78 Å². The van der Waals surface area contributed by atoms with Gasteiger partial charge >= 0.3 is 0 Å². The number of carbonyl (C=O) groups excluding carboxylic acids is 1. The van der Waals surface area contributed by atoms with E-state index in [9.17, 15) is 4.79 Å². The van der Waals surface area contributed by atoms with Gasteiger partial charge in [0.05, 0.1) is 12.1 Å². The average molecular weight is 291 g/mol. The molecule has 0 aliphatic heterocycles. The number of pyridine rings is 1. The van der Waals surface area contributed by atoms with Crippen molar-refractivity contribution in [3.05, 3.63) is 24.5 Å². The summed E-state index contributed by atoms with van der Waals surface area (Å²) in [5.74, 6) is 0.430. The minimum atomic E-state index is -0.0286. The first-order valence-electron chi connectivity index (χ1n) is 6.26. The van der Waals surface area contributed by atoms with Crippen molar-refractivity contribution in [3.8, 4) is 11.1 Å². The molecule has 0 aliphatic rings. The average Bonchev–Trinajstić information content (AvgIpc) is 2.82. The van der Waals surface area contributed by atoms with Crippen molar-refractivity contribution in [2.75, 3.05) is 30.8 Å². The second-order valence-electron chi connectivity index (χ2n) is 4.30. The van der Waals surface area contributed by atoms with Crippen molar-refractivity contribution in [2.45, 2.75) is 6.92 Å². The van der Waals surface area contributed by atoms with Gasteiger partial charge in [-0.05, 0) is 24.5 Å². The van der Waals surface area contributed by atoms with E-state index < -0.39 is 0 Å². The Morgan fingerprint density at radius 1 is 1.55 bits per heavy atom. The molecule has 0 atom stereocenters. The Labute approximate surface area is 121 Å². The summed E-state index contributed by atoms with van der Waals surface area (Å²) in [7, 11) is 1.85. The number of nitrogens with two attached hydrogens (primary N) is 1. The number of rotatable bonds is 5. The predicted molar refractivity (Wildman–Crippen MR) is 81.7 cm³/mol. The maximum Gasteiger partial charge on any atom is 0.239 e. The molecule has 0 fully saturated rings. The molecule has 0 unspecified atom stereocenters. The minimum Gasteiger partial charge on any atom is -0.382 e. The fourth-order valence-electron chi connectivity index (χ4n) is 1.88. The Bertz CT molecular complexity index is 584. The standard InChI is InChI=1S/C13H17N5OS/c1-3-16-10(19)8-18(2)13-11(12(14)17-20-13)9-5-4-6-15-7-9/h4-7H,3,8H2,1-2H3,(H2,14,17)(H,16,19). The molecule has 2 aromatic heterocycles. The Morgan fingerprint density at radius 2 is 2.35 bits per heavy atom. The van der Waals surface area contributed by atoms with Crippen molar-refractivity contribution < 1.29 is 4.79 Å². The molecule has 0 radical (unpaired) electrons. The highest BCUT2D eigenvalue weighted by atomic mass is 32.1. The number of hydrogen-bond donors (Lipinski definition) is 2. The predicted octanol–water partition coefficient (Wildman–Crippen LogP) is 1.36. The monoisotopic (exact) mass is 291 g/mol. The number of likely N-dealkylation sites (N-methyl/N-ethyl adjacent to an activating group) is 2. The molecular weight excluding hydrogens is 274 g/mol. The number of aromatic nitrogens is 2. The second kappa shape index (κ2) is 6.33. The van der Waals surface area contributed by atoms with Gasteiger partial charge in [-0.25, -0.2) is 0 Å². The molecule has 0 spiro atoms. The number of amides is 1. The zero-order chi connectivity index (χ0) is 14.5. The Kier molecular flexibility index (Phi) is 4.52. The van der Waals surface area contributed by atoms with E-state index in [1.807, 2.05) is 31.0 Å². The molecule has 2 heterocycles. The smallest absolute Gasteiger partial charge is 0.239 e. The molecule has 1 amide bonds. The van der Waals surface area contributed by atoms with E-state index in [1.54, 1.807) is 12.4 Å². The van der Waals surface area contributed by atoms with Gasteiger partial charge in [-0.15, -0.1) is 0 Å². The van der Waals surface area contributed by atoms with Crippen LogP contribution < -0.4 is 16.0 Å². The lowest BCUT2D eigenvalue weighted by Gasteiger charge is -2.18. The first-order valence-corrected chi connectivity index (χ1v) is 7.04. The summed E-state index contributed by atoms with van der Waals surface area (Å²) in [4.78, 5) is 17.6. The highest BCUT2D eigenvalue weighted by Crippen LogP contribution is 2.38. The number of nitrogen functional groups attached to an aromatic ring is 1. The summed E-state index contributed by atoms with van der Waals surface area (Å²) < 4.78 is 4.19. The summed E-state index contributed by atoms with van der Waals surface area (Å²) in [6, 6.07) is 3.77. The van der Waals surface area contributed by atoms with Crippen molar-refractivity contribution in [1.82, 2.24) is 14.7 Å². The number of anilines is 2. The lowest BCUT2D eigenvalue weighted by atomic mass is 10.1. The van der Waals surface area contributed by atoms with Crippen LogP contribution >= 0.6 is 11.5 Å². The Morgan fingerprint density at radius 3 is 3.00 bits per heavy atom. The summed E-state index contributed by atoms with van der Waals surface area (Å²) in [6.07, 6.45) is 3.45. The van der Waals surface area contributed by atoms with Gasteiger partial charge in [0.1, 0.15) is 10.8 Å². The molecule has 20 heavy (non-hydrogen) atoms. The molecule has 6 nitrogen and oxygen atoms in total. The number of nitrogens with zero attached hydrogens (tertiary/aromatic N) is 3. The van der Waals surface area contributed by atoms with E-state index in [2.05, 4.69) is 14.7 Å². The normalized spacial score (nSPS) is 10.3. The number of carbonyl (C=O) groups is 1. The Hall–Kier alpha value is -2.15. The van der Waals surface area contributed by atoms with Gasteiger partial charge < -0.3 is 16.0 Å². The van der Waals surface area contributed by atoms with Crippen LogP contribution in [0.25, 0.3) is 11.1 Å². The third-order valence-electron chi connectivity index (χ3n) is 2.75. The van der Waals surface area contributed by atoms with E-state index in [4.69, 9.17) is 5.73 Å².